The van der Waals surface area contributed by atoms with E-state index in [9.17, 15) is 42.3 Å². The average molecular weight is 780 g/mol. The number of nitrogens with zero attached hydrogens (tertiary/aromatic N) is 3. The molecule has 2 aromatic rings. The quantitative estimate of drug-likeness (QED) is 0.321. The lowest BCUT2D eigenvalue weighted by atomic mass is 9.99. The summed E-state index contributed by atoms with van der Waals surface area (Å²) < 4.78 is 34.1. The maximum absolute atomic E-state index is 14.4. The molecule has 2 aromatic carbocycles. The van der Waals surface area contributed by atoms with E-state index in [1.165, 1.54) is 21.6 Å². The number of hydrogen-bond acceptors (Lipinski definition) is 8. The molecule has 6 atom stereocenters. The predicted molar refractivity (Wildman–Crippen MR) is 196 cm³/mol. The molecule has 7 amide bonds. The van der Waals surface area contributed by atoms with Crippen molar-refractivity contribution in [1.82, 2.24) is 30.7 Å². The molecule has 300 valence electrons. The fourth-order valence-corrected chi connectivity index (χ4v) is 7.89. The Morgan fingerprint density at radius 2 is 1.41 bits per heavy atom. The monoisotopic (exact) mass is 779 g/mol. The molecule has 4 aliphatic heterocycles. The van der Waals surface area contributed by atoms with Gasteiger partial charge in [-0.05, 0) is 88.6 Å². The molecular weight excluding hydrogens is 732 g/mol. The van der Waals surface area contributed by atoms with Crippen molar-refractivity contribution in [2.45, 2.75) is 101 Å². The summed E-state index contributed by atoms with van der Waals surface area (Å²) in [5.74, 6) is -5.81. The number of carbonyl (C=O) groups excluding carboxylic acids is 7. The Labute approximate surface area is 322 Å². The van der Waals surface area contributed by atoms with Gasteiger partial charge in [-0.25, -0.2) is 18.4 Å². The number of aryl methyl sites for hydroxylation is 1. The second-order valence-electron chi connectivity index (χ2n) is 14.8. The normalized spacial score (nSPS) is 25.4. The van der Waals surface area contributed by atoms with E-state index >= 15 is 0 Å². The van der Waals surface area contributed by atoms with Gasteiger partial charge in [0.2, 0.25) is 29.5 Å². The number of hydrogen-bond donors (Lipinski definition) is 4. The maximum atomic E-state index is 14.4. The van der Waals surface area contributed by atoms with Gasteiger partial charge in [0, 0.05) is 37.8 Å². The fraction of sp³-hybridized carbons (Fsp3) is 0.513. The van der Waals surface area contributed by atoms with E-state index in [-0.39, 0.29) is 38.0 Å². The number of anilines is 1. The minimum absolute atomic E-state index is 0.0274. The van der Waals surface area contributed by atoms with Crippen LogP contribution in [0.5, 0.6) is 0 Å². The molecule has 17 heteroatoms. The van der Waals surface area contributed by atoms with Crippen molar-refractivity contribution in [3.8, 4) is 0 Å². The van der Waals surface area contributed by atoms with Gasteiger partial charge in [0.1, 0.15) is 54.5 Å². The van der Waals surface area contributed by atoms with Crippen LogP contribution >= 0.6 is 0 Å². The van der Waals surface area contributed by atoms with Crippen LogP contribution in [0, 0.1) is 18.6 Å². The first-order chi connectivity index (χ1) is 26.8. The number of amides is 7. The van der Waals surface area contributed by atoms with Gasteiger partial charge in [0.25, 0.3) is 0 Å². The number of nitrogens with one attached hydrogen (secondary N) is 4. The zero-order valence-corrected chi connectivity index (χ0v) is 31.4. The van der Waals surface area contributed by atoms with Crippen LogP contribution < -0.4 is 21.3 Å². The van der Waals surface area contributed by atoms with Crippen molar-refractivity contribution >= 4 is 47.2 Å². The van der Waals surface area contributed by atoms with Gasteiger partial charge in [-0.1, -0.05) is 17.7 Å². The molecule has 56 heavy (non-hydrogen) atoms. The summed E-state index contributed by atoms with van der Waals surface area (Å²) in [6.07, 6.45) is 2.72. The number of carbonyl (C=O) groups is 7. The number of urea groups is 1. The van der Waals surface area contributed by atoms with Crippen molar-refractivity contribution in [1.29, 1.82) is 0 Å². The van der Waals surface area contributed by atoms with Crippen LogP contribution in [0.1, 0.15) is 63.0 Å². The SMILES string of the molecule is Cc1ccc(NC(=O)N[C@@H](Cc2cc(F)cc(F)c2)C(=O)N[C@H]2COC(=O)[C@@H]3CCCN3C(=O)[C@H](C)NC(=O)[C@@H]3CCCCN3C(=O)[C@@H]3CCCN3C2=O)cc1. The molecule has 0 radical (unpaired) electrons. The van der Waals surface area contributed by atoms with Gasteiger partial charge < -0.3 is 40.7 Å². The van der Waals surface area contributed by atoms with Crippen LogP contribution in [-0.2, 0) is 39.9 Å². The summed E-state index contributed by atoms with van der Waals surface area (Å²) in [4.78, 5) is 101. The van der Waals surface area contributed by atoms with E-state index in [1.54, 1.807) is 24.3 Å². The summed E-state index contributed by atoms with van der Waals surface area (Å²) in [6.45, 7) is 3.32. The highest BCUT2D eigenvalue weighted by atomic mass is 19.1. The lowest BCUT2D eigenvalue weighted by Gasteiger charge is -2.39. The summed E-state index contributed by atoms with van der Waals surface area (Å²) >= 11 is 0. The second-order valence-corrected chi connectivity index (χ2v) is 14.8. The number of rotatable bonds is 6. The van der Waals surface area contributed by atoms with Gasteiger partial charge in [-0.3, -0.25) is 24.0 Å². The number of halogens is 2. The molecule has 0 bridgehead atoms. The standard InChI is InChI=1S/C39H47F2N7O8/c1-22-10-12-27(13-11-22)43-39(55)45-28(19-24-17-25(40)20-26(41)18-24)33(49)44-29-21-56-38(54)32-9-6-16-48(32)35(51)23(2)42-34(50)30-7-3-4-14-46(30)37(53)31-8-5-15-47(31)36(29)52/h10-13,17-18,20,23,28-32H,3-9,14-16,19,21H2,1-2H3,(H,42,50)(H,44,49)(H2,43,45,55)/t23-,28-,29-,30-,31-,32-/m0/s1. The molecule has 6 rings (SSSR count). The van der Waals surface area contributed by atoms with E-state index in [0.717, 1.165) is 17.7 Å². The number of fused-ring (bicyclic) bond motifs is 3. The molecule has 4 fully saturated rings. The summed E-state index contributed by atoms with van der Waals surface area (Å²) in [5, 5.41) is 10.5. The van der Waals surface area contributed by atoms with Gasteiger partial charge in [0.15, 0.2) is 0 Å². The molecule has 15 nitrogen and oxygen atoms in total. The topological polar surface area (TPSA) is 187 Å². The first kappa shape index (κ1) is 40.1. The predicted octanol–water partition coefficient (Wildman–Crippen LogP) is 1.92. The molecule has 0 unspecified atom stereocenters. The molecule has 4 aliphatic rings. The number of cyclic esters (lactones) is 1. The Kier molecular flexibility index (Phi) is 12.5. The van der Waals surface area contributed by atoms with E-state index in [0.29, 0.717) is 43.9 Å². The molecule has 0 aromatic heterocycles. The number of ether oxygens (including phenoxy) is 1. The van der Waals surface area contributed by atoms with Crippen LogP contribution in [0.4, 0.5) is 19.3 Å². The maximum Gasteiger partial charge on any atom is 0.328 e. The average Bonchev–Trinajstić information content (AvgIpc) is 3.86. The molecule has 0 spiro atoms. The largest absolute Gasteiger partial charge is 0.461 e. The Morgan fingerprint density at radius 3 is 2.11 bits per heavy atom. The van der Waals surface area contributed by atoms with Crippen molar-refractivity contribution in [3.05, 3.63) is 65.2 Å². The summed E-state index contributed by atoms with van der Waals surface area (Å²) in [5.41, 5.74) is 1.36. The zero-order chi connectivity index (χ0) is 40.1. The lowest BCUT2D eigenvalue weighted by Crippen LogP contribution is -2.62. The van der Waals surface area contributed by atoms with Crippen LogP contribution in [0.2, 0.25) is 0 Å². The summed E-state index contributed by atoms with van der Waals surface area (Å²) in [6, 6.07) is 1.68. The van der Waals surface area contributed by atoms with Crippen molar-refractivity contribution < 1.29 is 47.1 Å². The highest BCUT2D eigenvalue weighted by Gasteiger charge is 2.45. The highest BCUT2D eigenvalue weighted by Crippen LogP contribution is 2.27. The van der Waals surface area contributed by atoms with Crippen molar-refractivity contribution in [2.75, 3.05) is 31.6 Å². The first-order valence-corrected chi connectivity index (χ1v) is 19.1. The second kappa shape index (κ2) is 17.5. The fourth-order valence-electron chi connectivity index (χ4n) is 7.89. The van der Waals surface area contributed by atoms with Crippen LogP contribution in [0.15, 0.2) is 42.5 Å². The highest BCUT2D eigenvalue weighted by molar-refractivity contribution is 5.98. The third-order valence-corrected chi connectivity index (χ3v) is 10.7. The molecule has 4 heterocycles. The van der Waals surface area contributed by atoms with E-state index in [4.69, 9.17) is 4.74 Å². The van der Waals surface area contributed by atoms with Gasteiger partial charge in [0.05, 0.1) is 0 Å². The molecule has 0 saturated carbocycles. The molecule has 4 saturated heterocycles. The third-order valence-electron chi connectivity index (χ3n) is 10.7. The van der Waals surface area contributed by atoms with E-state index in [2.05, 4.69) is 21.3 Å². The Balaban J connectivity index is 1.30. The zero-order valence-electron chi connectivity index (χ0n) is 31.4. The third kappa shape index (κ3) is 9.25. The smallest absolute Gasteiger partial charge is 0.328 e. The Morgan fingerprint density at radius 1 is 0.804 bits per heavy atom. The Bertz CT molecular complexity index is 1840. The van der Waals surface area contributed by atoms with Crippen molar-refractivity contribution in [2.24, 2.45) is 0 Å². The van der Waals surface area contributed by atoms with Gasteiger partial charge >= 0.3 is 12.0 Å². The van der Waals surface area contributed by atoms with Crippen molar-refractivity contribution in [3.63, 3.8) is 0 Å². The minimum atomic E-state index is -1.58. The Hall–Kier alpha value is -5.61. The number of piperidine rings is 1. The van der Waals surface area contributed by atoms with Crippen LogP contribution in [0.25, 0.3) is 0 Å². The van der Waals surface area contributed by atoms with Gasteiger partial charge in [-0.2, -0.15) is 0 Å². The molecule has 4 N–H and O–H groups in total. The number of benzene rings is 2. The van der Waals surface area contributed by atoms with Crippen LogP contribution in [-0.4, -0.2) is 119 Å². The van der Waals surface area contributed by atoms with E-state index in [1.807, 2.05) is 6.92 Å². The number of esters is 1. The summed E-state index contributed by atoms with van der Waals surface area (Å²) in [7, 11) is 0. The van der Waals surface area contributed by atoms with Crippen LogP contribution in [0.3, 0.4) is 0 Å². The molecular formula is C39H47F2N7O8. The van der Waals surface area contributed by atoms with Gasteiger partial charge in [-0.15, -0.1) is 0 Å². The molecule has 0 aliphatic carbocycles. The first-order valence-electron chi connectivity index (χ1n) is 19.1. The minimum Gasteiger partial charge on any atom is -0.461 e. The van der Waals surface area contributed by atoms with E-state index < -0.39 is 102 Å². The lowest BCUT2D eigenvalue weighted by molar-refractivity contribution is -0.158.